The number of carbonyl (C=O) groups excluding carboxylic acids is 1. The molecule has 10 heteroatoms. The summed E-state index contributed by atoms with van der Waals surface area (Å²) < 4.78 is 54.6. The first-order valence-corrected chi connectivity index (χ1v) is 11.9. The number of nitrogens with zero attached hydrogens (tertiary/aromatic N) is 2. The lowest BCUT2D eigenvalue weighted by Crippen LogP contribution is -2.35. The monoisotopic (exact) mass is 517 g/mol. The molecule has 2 saturated heterocycles. The normalized spacial score (nSPS) is 20.6. The van der Waals surface area contributed by atoms with Crippen molar-refractivity contribution in [1.82, 2.24) is 9.80 Å². The van der Waals surface area contributed by atoms with E-state index in [9.17, 15) is 22.4 Å². The van der Waals surface area contributed by atoms with Crippen molar-refractivity contribution < 1.29 is 22.4 Å². The number of rotatable bonds is 6. The smallest absolute Gasteiger partial charge is 0.385 e. The van der Waals surface area contributed by atoms with Gasteiger partial charge in [-0.2, -0.15) is 13.2 Å². The van der Waals surface area contributed by atoms with Gasteiger partial charge in [0.2, 0.25) is 0 Å². The molecular formula is C24H25Cl2F4N3O. The second-order valence-electron chi connectivity index (χ2n) is 9.02. The van der Waals surface area contributed by atoms with Crippen LogP contribution in [0.1, 0.15) is 27.9 Å². The van der Waals surface area contributed by atoms with Crippen LogP contribution in [0.2, 0.25) is 10.0 Å². The molecule has 0 saturated carbocycles. The molecule has 2 unspecified atom stereocenters. The third-order valence-corrected chi connectivity index (χ3v) is 7.31. The number of carbonyl (C=O) groups is 1. The lowest BCUT2D eigenvalue weighted by molar-refractivity contribution is -0.138. The van der Waals surface area contributed by atoms with Crippen LogP contribution in [-0.2, 0) is 6.18 Å². The zero-order valence-corrected chi connectivity index (χ0v) is 20.1. The summed E-state index contributed by atoms with van der Waals surface area (Å²) in [7, 11) is 0. The Hall–Kier alpha value is -2.03. The molecule has 0 radical (unpaired) electrons. The largest absolute Gasteiger partial charge is 0.417 e. The van der Waals surface area contributed by atoms with Crippen molar-refractivity contribution in [3.8, 4) is 0 Å². The van der Waals surface area contributed by atoms with Crippen molar-refractivity contribution >= 4 is 34.8 Å². The van der Waals surface area contributed by atoms with E-state index >= 15 is 0 Å². The maximum Gasteiger partial charge on any atom is 0.417 e. The van der Waals surface area contributed by atoms with Crippen LogP contribution in [-0.4, -0.2) is 55.0 Å². The van der Waals surface area contributed by atoms with Gasteiger partial charge in [0, 0.05) is 43.4 Å². The average molecular weight is 518 g/mol. The first-order chi connectivity index (χ1) is 16.0. The van der Waals surface area contributed by atoms with Crippen LogP contribution < -0.4 is 5.32 Å². The maximum absolute atomic E-state index is 14.5. The Bertz CT molecular complexity index is 1060. The minimum atomic E-state index is -4.85. The van der Waals surface area contributed by atoms with Crippen molar-refractivity contribution in [2.24, 2.45) is 11.8 Å². The third-order valence-electron chi connectivity index (χ3n) is 6.62. The molecule has 2 aromatic carbocycles. The van der Waals surface area contributed by atoms with Gasteiger partial charge in [-0.1, -0.05) is 29.3 Å². The summed E-state index contributed by atoms with van der Waals surface area (Å²) >= 11 is 11.8. The van der Waals surface area contributed by atoms with Crippen LogP contribution in [0.5, 0.6) is 0 Å². The number of aryl methyl sites for hydroxylation is 1. The molecule has 0 aromatic heterocycles. The fourth-order valence-corrected chi connectivity index (χ4v) is 5.17. The quantitative estimate of drug-likeness (QED) is 0.379. The Labute approximate surface area is 205 Å². The SMILES string of the molecule is Cc1ccc(NCCCN2CC3CN(C(=O)c4c(C(F)(F)F)ccc(Cl)c4F)CC3C2)cc1Cl. The number of halogens is 6. The van der Waals surface area contributed by atoms with Crippen LogP contribution in [0.4, 0.5) is 23.2 Å². The van der Waals surface area contributed by atoms with E-state index in [2.05, 4.69) is 10.2 Å². The minimum absolute atomic E-state index is 0.157. The number of nitrogens with one attached hydrogen (secondary N) is 1. The van der Waals surface area contributed by atoms with Crippen molar-refractivity contribution in [3.05, 3.63) is 62.9 Å². The van der Waals surface area contributed by atoms with Gasteiger partial charge < -0.3 is 15.1 Å². The summed E-state index contributed by atoms with van der Waals surface area (Å²) in [5, 5.41) is 3.57. The number of anilines is 1. The molecule has 0 aliphatic carbocycles. The molecule has 184 valence electrons. The van der Waals surface area contributed by atoms with Gasteiger partial charge in [-0.25, -0.2) is 4.39 Å². The Morgan fingerprint density at radius 2 is 1.74 bits per heavy atom. The molecule has 2 fully saturated rings. The summed E-state index contributed by atoms with van der Waals surface area (Å²) in [4.78, 5) is 16.5. The second-order valence-corrected chi connectivity index (χ2v) is 9.83. The van der Waals surface area contributed by atoms with Gasteiger partial charge >= 0.3 is 6.18 Å². The molecule has 34 heavy (non-hydrogen) atoms. The number of alkyl halides is 3. The van der Waals surface area contributed by atoms with E-state index in [0.717, 1.165) is 54.9 Å². The summed E-state index contributed by atoms with van der Waals surface area (Å²) in [6.07, 6.45) is -3.93. The van der Waals surface area contributed by atoms with E-state index in [0.29, 0.717) is 19.2 Å². The summed E-state index contributed by atoms with van der Waals surface area (Å²) in [6.45, 7) is 5.74. The van der Waals surface area contributed by atoms with Gasteiger partial charge in [0.15, 0.2) is 5.82 Å². The third kappa shape index (κ3) is 5.29. The maximum atomic E-state index is 14.5. The number of fused-ring (bicyclic) bond motifs is 1. The van der Waals surface area contributed by atoms with E-state index in [4.69, 9.17) is 23.2 Å². The summed E-state index contributed by atoms with van der Waals surface area (Å²) in [5.74, 6) is -1.95. The molecule has 1 N–H and O–H groups in total. The Balaban J connectivity index is 1.30. The molecule has 4 nitrogen and oxygen atoms in total. The van der Waals surface area contributed by atoms with E-state index in [-0.39, 0.29) is 11.8 Å². The number of hydrogen-bond donors (Lipinski definition) is 1. The van der Waals surface area contributed by atoms with Crippen LogP contribution in [0.15, 0.2) is 30.3 Å². The van der Waals surface area contributed by atoms with E-state index in [1.807, 2.05) is 25.1 Å². The van der Waals surface area contributed by atoms with Crippen molar-refractivity contribution in [2.75, 3.05) is 44.6 Å². The van der Waals surface area contributed by atoms with Crippen molar-refractivity contribution in [2.45, 2.75) is 19.5 Å². The fraction of sp³-hybridized carbons (Fsp3) is 0.458. The number of hydrogen-bond acceptors (Lipinski definition) is 3. The van der Waals surface area contributed by atoms with Crippen LogP contribution >= 0.6 is 23.2 Å². The zero-order valence-electron chi connectivity index (χ0n) is 18.6. The highest BCUT2D eigenvalue weighted by Crippen LogP contribution is 2.38. The van der Waals surface area contributed by atoms with Gasteiger partial charge in [0.1, 0.15) is 0 Å². The Kier molecular flexibility index (Phi) is 7.31. The van der Waals surface area contributed by atoms with Gasteiger partial charge in [-0.05, 0) is 61.6 Å². The van der Waals surface area contributed by atoms with Crippen LogP contribution in [0, 0.1) is 24.6 Å². The van der Waals surface area contributed by atoms with Crippen molar-refractivity contribution in [1.29, 1.82) is 0 Å². The molecule has 2 heterocycles. The highest BCUT2D eigenvalue weighted by atomic mass is 35.5. The molecule has 2 atom stereocenters. The topological polar surface area (TPSA) is 35.6 Å². The highest BCUT2D eigenvalue weighted by molar-refractivity contribution is 6.31. The molecule has 4 rings (SSSR count). The second kappa shape index (κ2) is 9.91. The van der Waals surface area contributed by atoms with Crippen LogP contribution in [0.25, 0.3) is 0 Å². The minimum Gasteiger partial charge on any atom is -0.385 e. The Morgan fingerprint density at radius 3 is 2.35 bits per heavy atom. The number of amides is 1. The van der Waals surface area contributed by atoms with Gasteiger partial charge in [-0.3, -0.25) is 4.79 Å². The van der Waals surface area contributed by atoms with Gasteiger partial charge in [0.05, 0.1) is 16.1 Å². The number of benzene rings is 2. The summed E-state index contributed by atoms with van der Waals surface area (Å²) in [6, 6.07) is 7.34. The van der Waals surface area contributed by atoms with Crippen LogP contribution in [0.3, 0.4) is 0 Å². The molecule has 0 spiro atoms. The van der Waals surface area contributed by atoms with Gasteiger partial charge in [-0.15, -0.1) is 0 Å². The van der Waals surface area contributed by atoms with E-state index in [1.165, 1.54) is 4.90 Å². The fourth-order valence-electron chi connectivity index (χ4n) is 4.83. The standard InChI is InChI=1S/C24H25Cl2F4N3O/c1-14-3-4-17(9-20(14)26)31-7-2-8-32-10-15-12-33(13-16(15)11-32)23(34)21-18(24(28,29)30)5-6-19(25)22(21)27/h3-6,9,15-16,31H,2,7-8,10-13H2,1H3. The van der Waals surface area contributed by atoms with E-state index < -0.39 is 34.1 Å². The molecule has 0 bridgehead atoms. The predicted molar refractivity (Wildman–Crippen MR) is 125 cm³/mol. The highest BCUT2D eigenvalue weighted by Gasteiger charge is 2.44. The average Bonchev–Trinajstić information content (AvgIpc) is 3.33. The first-order valence-electron chi connectivity index (χ1n) is 11.1. The molecule has 2 aromatic rings. The first kappa shape index (κ1) is 25.1. The van der Waals surface area contributed by atoms with Crippen molar-refractivity contribution in [3.63, 3.8) is 0 Å². The summed E-state index contributed by atoms with van der Waals surface area (Å²) in [5.41, 5.74) is -0.287. The molecule has 2 aliphatic heterocycles. The molecular weight excluding hydrogens is 493 g/mol. The van der Waals surface area contributed by atoms with E-state index in [1.54, 1.807) is 0 Å². The molecule has 2 aliphatic rings. The lowest BCUT2D eigenvalue weighted by atomic mass is 10.0. The predicted octanol–water partition coefficient (Wildman–Crippen LogP) is 5.97. The lowest BCUT2D eigenvalue weighted by Gasteiger charge is -2.23. The van der Waals surface area contributed by atoms with Gasteiger partial charge in [0.25, 0.3) is 5.91 Å². The molecule has 1 amide bonds. The Morgan fingerprint density at radius 1 is 1.06 bits per heavy atom. The number of likely N-dealkylation sites (tertiary alicyclic amines) is 2. The zero-order chi connectivity index (χ0) is 24.6.